The Morgan fingerprint density at radius 1 is 1.10 bits per heavy atom. The first-order valence-corrected chi connectivity index (χ1v) is 9.84. The molecule has 2 heterocycles. The maximum Gasteiger partial charge on any atom is 0.158 e. The van der Waals surface area contributed by atoms with Crippen molar-refractivity contribution < 1.29 is 18.6 Å². The first-order chi connectivity index (χ1) is 14.2. The highest BCUT2D eigenvalue weighted by Crippen LogP contribution is 2.24. The minimum atomic E-state index is -0.240. The zero-order chi connectivity index (χ0) is 20.1. The third kappa shape index (κ3) is 4.90. The van der Waals surface area contributed by atoms with E-state index in [9.17, 15) is 4.39 Å². The lowest BCUT2D eigenvalue weighted by Crippen LogP contribution is -2.44. The van der Waals surface area contributed by atoms with Crippen LogP contribution in [0.1, 0.15) is 17.5 Å². The quantitative estimate of drug-likeness (QED) is 0.658. The predicted octanol–water partition coefficient (Wildman–Crippen LogP) is 3.85. The molecule has 1 aliphatic rings. The second-order valence-corrected chi connectivity index (χ2v) is 7.16. The lowest BCUT2D eigenvalue weighted by Gasteiger charge is -2.30. The summed E-state index contributed by atoms with van der Waals surface area (Å²) in [5.41, 5.74) is 2.79. The number of nitrogens with one attached hydrogen (secondary N) is 1. The first-order valence-electron chi connectivity index (χ1n) is 9.84. The Bertz CT molecular complexity index is 958. The molecule has 1 aromatic heterocycles. The van der Waals surface area contributed by atoms with E-state index in [-0.39, 0.29) is 18.1 Å². The van der Waals surface area contributed by atoms with E-state index in [0.29, 0.717) is 25.3 Å². The van der Waals surface area contributed by atoms with E-state index in [0.717, 1.165) is 29.5 Å². The molecule has 4 rings (SSSR count). The van der Waals surface area contributed by atoms with Gasteiger partial charge in [-0.05, 0) is 42.3 Å². The largest absolute Gasteiger partial charge is 0.497 e. The van der Waals surface area contributed by atoms with Crippen molar-refractivity contribution in [2.45, 2.75) is 31.7 Å². The fraction of sp³-hybridized carbons (Fsp3) is 0.348. The molecule has 1 saturated heterocycles. The van der Waals surface area contributed by atoms with Gasteiger partial charge in [0.25, 0.3) is 0 Å². The second kappa shape index (κ2) is 9.31. The fourth-order valence-electron chi connectivity index (χ4n) is 3.52. The molecule has 0 radical (unpaired) electrons. The molecule has 0 atom stereocenters. The van der Waals surface area contributed by atoms with Crippen LogP contribution in [0.5, 0.6) is 5.75 Å². The van der Waals surface area contributed by atoms with Crippen molar-refractivity contribution in [1.82, 2.24) is 10.3 Å². The van der Waals surface area contributed by atoms with E-state index in [1.165, 1.54) is 11.6 Å². The number of rotatable bonds is 7. The van der Waals surface area contributed by atoms with Gasteiger partial charge in [-0.1, -0.05) is 18.2 Å². The van der Waals surface area contributed by atoms with Crippen molar-refractivity contribution in [3.05, 3.63) is 71.7 Å². The SMILES string of the molecule is COc1ccc2nccc(CC[C@H]3OC[C@H](NCc4ccccc4F)CO3)c2c1. The van der Waals surface area contributed by atoms with E-state index >= 15 is 0 Å². The summed E-state index contributed by atoms with van der Waals surface area (Å²) in [6.07, 6.45) is 3.17. The Kier molecular flexibility index (Phi) is 6.34. The highest BCUT2D eigenvalue weighted by atomic mass is 19.1. The van der Waals surface area contributed by atoms with Crippen molar-refractivity contribution in [3.63, 3.8) is 0 Å². The smallest absolute Gasteiger partial charge is 0.158 e. The number of nitrogens with zero attached hydrogens (tertiary/aromatic N) is 1. The number of benzene rings is 2. The molecule has 0 bridgehead atoms. The molecule has 6 heteroatoms. The fourth-order valence-corrected chi connectivity index (χ4v) is 3.52. The third-order valence-corrected chi connectivity index (χ3v) is 5.19. The topological polar surface area (TPSA) is 52.6 Å². The van der Waals surface area contributed by atoms with Gasteiger partial charge in [0.05, 0.1) is 31.9 Å². The molecule has 0 saturated carbocycles. The van der Waals surface area contributed by atoms with Gasteiger partial charge in [-0.15, -0.1) is 0 Å². The third-order valence-electron chi connectivity index (χ3n) is 5.19. The number of hydrogen-bond donors (Lipinski definition) is 1. The number of aryl methyl sites for hydroxylation is 1. The van der Waals surface area contributed by atoms with Gasteiger partial charge in [-0.2, -0.15) is 0 Å². The van der Waals surface area contributed by atoms with Crippen LogP contribution >= 0.6 is 0 Å². The molecule has 1 fully saturated rings. The van der Waals surface area contributed by atoms with Crippen LogP contribution in [0.25, 0.3) is 10.9 Å². The molecular weight excluding hydrogens is 371 g/mol. The molecule has 5 nitrogen and oxygen atoms in total. The molecule has 0 aliphatic carbocycles. The summed E-state index contributed by atoms with van der Waals surface area (Å²) in [5.74, 6) is 0.623. The molecule has 0 spiro atoms. The summed E-state index contributed by atoms with van der Waals surface area (Å²) in [7, 11) is 1.66. The van der Waals surface area contributed by atoms with Gasteiger partial charge in [0.1, 0.15) is 11.6 Å². The predicted molar refractivity (Wildman–Crippen MR) is 109 cm³/mol. The molecule has 29 heavy (non-hydrogen) atoms. The summed E-state index contributed by atoms with van der Waals surface area (Å²) in [4.78, 5) is 4.42. The highest BCUT2D eigenvalue weighted by molar-refractivity contribution is 5.83. The van der Waals surface area contributed by atoms with Crippen LogP contribution in [0.2, 0.25) is 0 Å². The van der Waals surface area contributed by atoms with Crippen LogP contribution in [-0.4, -0.2) is 37.6 Å². The minimum absolute atomic E-state index is 0.0527. The van der Waals surface area contributed by atoms with E-state index in [1.54, 1.807) is 19.2 Å². The Morgan fingerprint density at radius 2 is 1.93 bits per heavy atom. The van der Waals surface area contributed by atoms with E-state index in [1.807, 2.05) is 36.5 Å². The number of halogens is 1. The van der Waals surface area contributed by atoms with Crippen molar-refractivity contribution in [2.75, 3.05) is 20.3 Å². The van der Waals surface area contributed by atoms with Gasteiger partial charge < -0.3 is 19.5 Å². The molecule has 152 valence electrons. The van der Waals surface area contributed by atoms with E-state index in [4.69, 9.17) is 14.2 Å². The van der Waals surface area contributed by atoms with Crippen LogP contribution in [-0.2, 0) is 22.4 Å². The normalized spacial score (nSPS) is 19.4. The Morgan fingerprint density at radius 3 is 2.72 bits per heavy atom. The molecule has 1 aliphatic heterocycles. The van der Waals surface area contributed by atoms with E-state index in [2.05, 4.69) is 10.3 Å². The van der Waals surface area contributed by atoms with Gasteiger partial charge in [0.2, 0.25) is 0 Å². The number of pyridine rings is 1. The average Bonchev–Trinajstić information content (AvgIpc) is 2.77. The van der Waals surface area contributed by atoms with Crippen LogP contribution in [0.4, 0.5) is 4.39 Å². The summed E-state index contributed by atoms with van der Waals surface area (Å²) in [6, 6.07) is 14.8. The maximum atomic E-state index is 13.7. The monoisotopic (exact) mass is 396 g/mol. The molecule has 0 unspecified atom stereocenters. The highest BCUT2D eigenvalue weighted by Gasteiger charge is 2.22. The van der Waals surface area contributed by atoms with Crippen LogP contribution < -0.4 is 10.1 Å². The molecule has 0 amide bonds. The number of fused-ring (bicyclic) bond motifs is 1. The van der Waals surface area contributed by atoms with Crippen molar-refractivity contribution in [3.8, 4) is 5.75 Å². The molecule has 1 N–H and O–H groups in total. The van der Waals surface area contributed by atoms with Gasteiger partial charge in [0.15, 0.2) is 6.29 Å². The van der Waals surface area contributed by atoms with Crippen molar-refractivity contribution in [2.24, 2.45) is 0 Å². The zero-order valence-electron chi connectivity index (χ0n) is 16.4. The molecule has 3 aromatic rings. The van der Waals surface area contributed by atoms with Gasteiger partial charge in [-0.25, -0.2) is 4.39 Å². The van der Waals surface area contributed by atoms with Crippen molar-refractivity contribution in [1.29, 1.82) is 0 Å². The maximum absolute atomic E-state index is 13.7. The van der Waals surface area contributed by atoms with Crippen LogP contribution in [0.15, 0.2) is 54.7 Å². The lowest BCUT2D eigenvalue weighted by molar-refractivity contribution is -0.192. The van der Waals surface area contributed by atoms with Gasteiger partial charge >= 0.3 is 0 Å². The molecule has 2 aromatic carbocycles. The summed E-state index contributed by atoms with van der Waals surface area (Å²) >= 11 is 0. The van der Waals surface area contributed by atoms with Gasteiger partial charge in [-0.3, -0.25) is 4.98 Å². The summed E-state index contributed by atoms with van der Waals surface area (Å²) in [6.45, 7) is 1.55. The number of aromatic nitrogens is 1. The second-order valence-electron chi connectivity index (χ2n) is 7.16. The van der Waals surface area contributed by atoms with Gasteiger partial charge in [0, 0.05) is 30.1 Å². The Balaban J connectivity index is 1.28. The zero-order valence-corrected chi connectivity index (χ0v) is 16.4. The standard InChI is InChI=1S/C23H25FN2O3/c1-27-19-7-8-22-20(12-19)16(10-11-25-22)6-9-23-28-14-18(15-29-23)26-13-17-4-2-3-5-21(17)24/h2-5,7-8,10-12,18,23,26H,6,9,13-15H2,1H3/t18-,23-. The van der Waals surface area contributed by atoms with E-state index < -0.39 is 0 Å². The summed E-state index contributed by atoms with van der Waals surface area (Å²) in [5, 5.41) is 4.39. The summed E-state index contributed by atoms with van der Waals surface area (Å²) < 4.78 is 30.8. The first kappa shape index (κ1) is 19.8. The Hall–Kier alpha value is -2.54. The minimum Gasteiger partial charge on any atom is -0.497 e. The Labute approximate surface area is 169 Å². The van der Waals surface area contributed by atoms with Crippen LogP contribution in [0.3, 0.4) is 0 Å². The lowest BCUT2D eigenvalue weighted by atomic mass is 10.0. The number of methoxy groups -OCH3 is 1. The number of ether oxygens (including phenoxy) is 3. The van der Waals surface area contributed by atoms with Crippen LogP contribution in [0, 0.1) is 5.82 Å². The van der Waals surface area contributed by atoms with Crippen molar-refractivity contribution >= 4 is 10.9 Å². The average molecular weight is 396 g/mol. The number of hydrogen-bond acceptors (Lipinski definition) is 5. The molecular formula is C23H25FN2O3.